The second-order valence-electron chi connectivity index (χ2n) is 4.90. The summed E-state index contributed by atoms with van der Waals surface area (Å²) in [6, 6.07) is 3.99. The quantitative estimate of drug-likeness (QED) is 0.897. The van der Waals surface area contributed by atoms with Gasteiger partial charge in [0.1, 0.15) is 11.6 Å². The maximum Gasteiger partial charge on any atom is 0.130 e. The number of benzene rings is 1. The molecule has 0 aliphatic carbocycles. The maximum absolute atomic E-state index is 13.6. The number of halogens is 2. The van der Waals surface area contributed by atoms with E-state index in [0.29, 0.717) is 13.1 Å². The number of nitrogens with zero attached hydrogens (tertiary/aromatic N) is 2. The molecule has 1 saturated heterocycles. The molecule has 1 aromatic rings. The molecule has 1 aliphatic rings. The molecule has 0 amide bonds. The van der Waals surface area contributed by atoms with E-state index in [1.807, 2.05) is 0 Å². The maximum atomic E-state index is 13.6. The number of hydrogen-bond acceptors (Lipinski definition) is 3. The molecule has 1 fully saturated rings. The van der Waals surface area contributed by atoms with Crippen LogP contribution in [0, 0.1) is 11.6 Å². The highest BCUT2D eigenvalue weighted by atomic mass is 19.1. The molecule has 5 heteroatoms. The summed E-state index contributed by atoms with van der Waals surface area (Å²) in [5.74, 6) is -0.951. The molecule has 0 unspecified atom stereocenters. The predicted octanol–water partition coefficient (Wildman–Crippen LogP) is 1.46. The molecular formula is C14H20F2N2O. The zero-order chi connectivity index (χ0) is 13.7. The zero-order valence-electron chi connectivity index (χ0n) is 11.0. The van der Waals surface area contributed by atoms with Crippen LogP contribution in [0.25, 0.3) is 0 Å². The van der Waals surface area contributed by atoms with Gasteiger partial charge < -0.3 is 5.11 Å². The first-order valence-electron chi connectivity index (χ1n) is 6.69. The van der Waals surface area contributed by atoms with Gasteiger partial charge in [-0.3, -0.25) is 9.80 Å². The molecule has 0 bridgehead atoms. The number of hydrogen-bond donors (Lipinski definition) is 1. The molecule has 0 radical (unpaired) electrons. The van der Waals surface area contributed by atoms with Gasteiger partial charge in [0.05, 0.1) is 6.61 Å². The topological polar surface area (TPSA) is 26.7 Å². The second kappa shape index (κ2) is 6.93. The summed E-state index contributed by atoms with van der Waals surface area (Å²) in [6.45, 7) is 4.49. The highest BCUT2D eigenvalue weighted by Crippen LogP contribution is 2.15. The van der Waals surface area contributed by atoms with Gasteiger partial charge in [-0.15, -0.1) is 0 Å². The third-order valence-corrected chi connectivity index (χ3v) is 3.54. The Morgan fingerprint density at radius 3 is 2.32 bits per heavy atom. The van der Waals surface area contributed by atoms with Gasteiger partial charge in [0, 0.05) is 31.7 Å². The Kier molecular flexibility index (Phi) is 5.24. The Hall–Kier alpha value is -1.04. The van der Waals surface area contributed by atoms with Crippen molar-refractivity contribution < 1.29 is 13.9 Å². The van der Waals surface area contributed by atoms with Crippen molar-refractivity contribution >= 4 is 0 Å². The second-order valence-corrected chi connectivity index (χ2v) is 4.90. The van der Waals surface area contributed by atoms with Crippen LogP contribution >= 0.6 is 0 Å². The van der Waals surface area contributed by atoms with Crippen LogP contribution in [0.2, 0.25) is 0 Å². The minimum Gasteiger partial charge on any atom is -0.395 e. The molecule has 0 spiro atoms. The van der Waals surface area contributed by atoms with Gasteiger partial charge in [-0.25, -0.2) is 8.78 Å². The summed E-state index contributed by atoms with van der Waals surface area (Å²) < 4.78 is 27.2. The summed E-state index contributed by atoms with van der Waals surface area (Å²) in [7, 11) is 0. The highest BCUT2D eigenvalue weighted by Gasteiger charge is 2.17. The Labute approximate surface area is 112 Å². The van der Waals surface area contributed by atoms with Crippen LogP contribution in [0.15, 0.2) is 18.2 Å². The lowest BCUT2D eigenvalue weighted by Gasteiger charge is -2.21. The van der Waals surface area contributed by atoms with E-state index >= 15 is 0 Å². The summed E-state index contributed by atoms with van der Waals surface area (Å²) >= 11 is 0. The summed E-state index contributed by atoms with van der Waals surface area (Å²) in [6.07, 6.45) is 0.954. The molecule has 19 heavy (non-hydrogen) atoms. The van der Waals surface area contributed by atoms with Crippen molar-refractivity contribution in [2.24, 2.45) is 0 Å². The van der Waals surface area contributed by atoms with E-state index in [1.54, 1.807) is 0 Å². The average molecular weight is 270 g/mol. The van der Waals surface area contributed by atoms with Crippen LogP contribution in [-0.4, -0.2) is 54.2 Å². The van der Waals surface area contributed by atoms with E-state index in [1.165, 1.54) is 18.2 Å². The third-order valence-electron chi connectivity index (χ3n) is 3.54. The summed E-state index contributed by atoms with van der Waals surface area (Å²) in [4.78, 5) is 4.25. The number of β-amino-alcohol motifs (C(OH)–C–C–N with tert-alkyl or cyclic N) is 1. The molecule has 0 atom stereocenters. The molecule has 0 aromatic heterocycles. The van der Waals surface area contributed by atoms with E-state index in [4.69, 9.17) is 5.11 Å². The van der Waals surface area contributed by atoms with Gasteiger partial charge in [0.2, 0.25) is 0 Å². The molecular weight excluding hydrogens is 250 g/mol. The van der Waals surface area contributed by atoms with E-state index in [-0.39, 0.29) is 12.2 Å². The lowest BCUT2D eigenvalue weighted by molar-refractivity contribution is 0.195. The zero-order valence-corrected chi connectivity index (χ0v) is 11.0. The first kappa shape index (κ1) is 14.4. The van der Waals surface area contributed by atoms with E-state index in [2.05, 4.69) is 9.80 Å². The minimum atomic E-state index is -0.475. The summed E-state index contributed by atoms with van der Waals surface area (Å²) in [5.41, 5.74) is 0.151. The fourth-order valence-electron chi connectivity index (χ4n) is 2.45. The highest BCUT2D eigenvalue weighted by molar-refractivity contribution is 5.19. The van der Waals surface area contributed by atoms with Crippen molar-refractivity contribution in [1.29, 1.82) is 0 Å². The molecule has 0 saturated carbocycles. The lowest BCUT2D eigenvalue weighted by atomic mass is 10.2. The van der Waals surface area contributed by atoms with Gasteiger partial charge in [0.15, 0.2) is 0 Å². The van der Waals surface area contributed by atoms with Crippen LogP contribution in [0.5, 0.6) is 0 Å². The smallest absolute Gasteiger partial charge is 0.130 e. The van der Waals surface area contributed by atoms with Crippen molar-refractivity contribution in [2.75, 3.05) is 39.3 Å². The van der Waals surface area contributed by atoms with E-state index in [9.17, 15) is 8.78 Å². The Balaban J connectivity index is 1.96. The van der Waals surface area contributed by atoms with Gasteiger partial charge in [-0.1, -0.05) is 6.07 Å². The molecule has 1 N–H and O–H groups in total. The fourth-order valence-corrected chi connectivity index (χ4v) is 2.45. The van der Waals surface area contributed by atoms with Crippen LogP contribution in [0.1, 0.15) is 12.0 Å². The summed E-state index contributed by atoms with van der Waals surface area (Å²) in [5, 5.41) is 8.93. The fraction of sp³-hybridized carbons (Fsp3) is 0.571. The lowest BCUT2D eigenvalue weighted by Crippen LogP contribution is -2.32. The predicted molar refractivity (Wildman–Crippen MR) is 69.8 cm³/mol. The van der Waals surface area contributed by atoms with Crippen LogP contribution < -0.4 is 0 Å². The first-order valence-corrected chi connectivity index (χ1v) is 6.69. The SMILES string of the molecule is OCCN1CCCN(Cc2c(F)cccc2F)CC1. The number of aliphatic hydroxyl groups is 1. The van der Waals surface area contributed by atoms with Gasteiger partial charge in [-0.05, 0) is 31.6 Å². The van der Waals surface area contributed by atoms with Crippen molar-refractivity contribution in [3.05, 3.63) is 35.4 Å². The van der Waals surface area contributed by atoms with Crippen LogP contribution in [-0.2, 0) is 6.54 Å². The average Bonchev–Trinajstić information content (AvgIpc) is 2.60. The normalized spacial score (nSPS) is 18.5. The molecule has 1 aromatic carbocycles. The van der Waals surface area contributed by atoms with Crippen LogP contribution in [0.3, 0.4) is 0 Å². The standard InChI is InChI=1S/C14H20F2N2O/c15-13-3-1-4-14(16)12(13)11-18-6-2-5-17(7-8-18)9-10-19/h1,3-4,19H,2,5-11H2. The largest absolute Gasteiger partial charge is 0.395 e. The first-order chi connectivity index (χ1) is 9.20. The van der Waals surface area contributed by atoms with E-state index in [0.717, 1.165) is 32.6 Å². The molecule has 1 aliphatic heterocycles. The minimum absolute atomic E-state index is 0.151. The Morgan fingerprint density at radius 1 is 1.00 bits per heavy atom. The van der Waals surface area contributed by atoms with Gasteiger partial charge in [-0.2, -0.15) is 0 Å². The molecule has 1 heterocycles. The van der Waals surface area contributed by atoms with Crippen molar-refractivity contribution in [3.8, 4) is 0 Å². The van der Waals surface area contributed by atoms with Crippen molar-refractivity contribution in [3.63, 3.8) is 0 Å². The van der Waals surface area contributed by atoms with Crippen molar-refractivity contribution in [2.45, 2.75) is 13.0 Å². The van der Waals surface area contributed by atoms with Gasteiger partial charge in [0.25, 0.3) is 0 Å². The molecule has 106 valence electrons. The Morgan fingerprint density at radius 2 is 1.63 bits per heavy atom. The van der Waals surface area contributed by atoms with Crippen molar-refractivity contribution in [1.82, 2.24) is 9.80 Å². The van der Waals surface area contributed by atoms with Gasteiger partial charge >= 0.3 is 0 Å². The molecule has 2 rings (SSSR count). The monoisotopic (exact) mass is 270 g/mol. The Bertz CT molecular complexity index is 394. The number of rotatable bonds is 4. The third kappa shape index (κ3) is 3.96. The molecule has 3 nitrogen and oxygen atoms in total. The number of aliphatic hydroxyl groups excluding tert-OH is 1. The van der Waals surface area contributed by atoms with E-state index < -0.39 is 11.6 Å². The van der Waals surface area contributed by atoms with Crippen LogP contribution in [0.4, 0.5) is 8.78 Å².